The van der Waals surface area contributed by atoms with Crippen LogP contribution in [0.3, 0.4) is 0 Å². The van der Waals surface area contributed by atoms with Gasteiger partial charge in [0.2, 0.25) is 0 Å². The number of nitrogens with zero attached hydrogens (tertiary/aromatic N) is 2. The topological polar surface area (TPSA) is 16.1 Å². The standard InChI is InChI=1S/C14H15BrN2/c1-10-4-6-12(7-5-10)17(3)14-9-8-13(15)11(2)16-14/h4-9H,1-3H3. The number of aromatic nitrogens is 1. The van der Waals surface area contributed by atoms with Crippen molar-refractivity contribution in [2.75, 3.05) is 11.9 Å². The first-order valence-electron chi connectivity index (χ1n) is 5.51. The molecule has 2 aromatic rings. The molecule has 1 aromatic heterocycles. The van der Waals surface area contributed by atoms with Crippen molar-refractivity contribution < 1.29 is 0 Å². The Kier molecular flexibility index (Phi) is 3.48. The smallest absolute Gasteiger partial charge is 0.133 e. The number of pyridine rings is 1. The average Bonchev–Trinajstić information content (AvgIpc) is 2.33. The van der Waals surface area contributed by atoms with Gasteiger partial charge in [-0.05, 0) is 54.0 Å². The quantitative estimate of drug-likeness (QED) is 0.823. The van der Waals surface area contributed by atoms with Crippen LogP contribution in [0.25, 0.3) is 0 Å². The Morgan fingerprint density at radius 1 is 1.00 bits per heavy atom. The maximum Gasteiger partial charge on any atom is 0.133 e. The average molecular weight is 291 g/mol. The van der Waals surface area contributed by atoms with Gasteiger partial charge < -0.3 is 4.90 Å². The van der Waals surface area contributed by atoms with Gasteiger partial charge in [-0.25, -0.2) is 4.98 Å². The number of hydrogen-bond donors (Lipinski definition) is 0. The molecule has 1 aromatic carbocycles. The SMILES string of the molecule is Cc1ccc(N(C)c2ccc(Br)c(C)n2)cc1. The summed E-state index contributed by atoms with van der Waals surface area (Å²) in [6.45, 7) is 4.09. The summed E-state index contributed by atoms with van der Waals surface area (Å²) in [4.78, 5) is 6.63. The summed E-state index contributed by atoms with van der Waals surface area (Å²) in [6.07, 6.45) is 0. The van der Waals surface area contributed by atoms with Gasteiger partial charge in [-0.15, -0.1) is 0 Å². The van der Waals surface area contributed by atoms with Crippen LogP contribution in [0, 0.1) is 13.8 Å². The molecular weight excluding hydrogens is 276 g/mol. The monoisotopic (exact) mass is 290 g/mol. The molecule has 17 heavy (non-hydrogen) atoms. The van der Waals surface area contributed by atoms with Crippen LogP contribution in [-0.4, -0.2) is 12.0 Å². The molecule has 0 unspecified atom stereocenters. The molecule has 2 rings (SSSR count). The molecule has 0 saturated carbocycles. The van der Waals surface area contributed by atoms with Crippen molar-refractivity contribution in [3.05, 3.63) is 52.1 Å². The molecule has 0 spiro atoms. The number of aryl methyl sites for hydroxylation is 2. The summed E-state index contributed by atoms with van der Waals surface area (Å²) in [5, 5.41) is 0. The van der Waals surface area contributed by atoms with Gasteiger partial charge in [-0.1, -0.05) is 17.7 Å². The molecule has 0 bridgehead atoms. The van der Waals surface area contributed by atoms with Gasteiger partial charge in [0.15, 0.2) is 0 Å². The van der Waals surface area contributed by atoms with E-state index in [0.717, 1.165) is 21.7 Å². The van der Waals surface area contributed by atoms with Crippen LogP contribution in [-0.2, 0) is 0 Å². The number of rotatable bonds is 2. The minimum atomic E-state index is 0.953. The molecule has 0 N–H and O–H groups in total. The Morgan fingerprint density at radius 2 is 1.65 bits per heavy atom. The fraction of sp³-hybridized carbons (Fsp3) is 0.214. The summed E-state index contributed by atoms with van der Waals surface area (Å²) in [5.74, 6) is 0.953. The van der Waals surface area contributed by atoms with E-state index >= 15 is 0 Å². The molecule has 0 aliphatic carbocycles. The highest BCUT2D eigenvalue weighted by molar-refractivity contribution is 9.10. The molecule has 0 radical (unpaired) electrons. The van der Waals surface area contributed by atoms with Crippen molar-refractivity contribution in [1.82, 2.24) is 4.98 Å². The summed E-state index contributed by atoms with van der Waals surface area (Å²) in [6, 6.07) is 12.5. The van der Waals surface area contributed by atoms with E-state index in [4.69, 9.17) is 0 Å². The van der Waals surface area contributed by atoms with E-state index in [9.17, 15) is 0 Å². The number of benzene rings is 1. The lowest BCUT2D eigenvalue weighted by Gasteiger charge is -2.19. The minimum Gasteiger partial charge on any atom is -0.329 e. The van der Waals surface area contributed by atoms with E-state index in [1.807, 2.05) is 26.1 Å². The zero-order valence-electron chi connectivity index (χ0n) is 10.2. The van der Waals surface area contributed by atoms with E-state index in [2.05, 4.69) is 57.0 Å². The Bertz CT molecular complexity index is 520. The predicted octanol–water partition coefficient (Wildman–Crippen LogP) is 4.23. The lowest BCUT2D eigenvalue weighted by Crippen LogP contribution is -2.11. The maximum absolute atomic E-state index is 4.55. The van der Waals surface area contributed by atoms with Crippen molar-refractivity contribution in [3.8, 4) is 0 Å². The zero-order valence-corrected chi connectivity index (χ0v) is 11.8. The van der Waals surface area contributed by atoms with Gasteiger partial charge in [0, 0.05) is 17.2 Å². The molecule has 3 heteroatoms. The molecule has 2 nitrogen and oxygen atoms in total. The molecule has 0 amide bonds. The highest BCUT2D eigenvalue weighted by Gasteiger charge is 2.06. The Morgan fingerprint density at radius 3 is 2.24 bits per heavy atom. The molecule has 88 valence electrons. The third kappa shape index (κ3) is 2.67. The van der Waals surface area contributed by atoms with Gasteiger partial charge in [0.05, 0.1) is 5.69 Å². The fourth-order valence-corrected chi connectivity index (χ4v) is 1.84. The van der Waals surface area contributed by atoms with E-state index in [1.165, 1.54) is 5.56 Å². The summed E-state index contributed by atoms with van der Waals surface area (Å²) >= 11 is 3.46. The second-order valence-electron chi connectivity index (χ2n) is 4.13. The minimum absolute atomic E-state index is 0.953. The number of hydrogen-bond acceptors (Lipinski definition) is 2. The lowest BCUT2D eigenvalue weighted by atomic mass is 10.2. The van der Waals surface area contributed by atoms with Gasteiger partial charge in [-0.3, -0.25) is 0 Å². The van der Waals surface area contributed by atoms with E-state index in [-0.39, 0.29) is 0 Å². The number of halogens is 1. The Balaban J connectivity index is 2.33. The molecule has 1 heterocycles. The van der Waals surface area contributed by atoms with Crippen molar-refractivity contribution in [2.24, 2.45) is 0 Å². The second kappa shape index (κ2) is 4.88. The summed E-state index contributed by atoms with van der Waals surface area (Å²) < 4.78 is 1.04. The third-order valence-electron chi connectivity index (χ3n) is 2.77. The molecular formula is C14H15BrN2. The highest BCUT2D eigenvalue weighted by Crippen LogP contribution is 2.24. The zero-order chi connectivity index (χ0) is 12.4. The second-order valence-corrected chi connectivity index (χ2v) is 4.99. The van der Waals surface area contributed by atoms with Crippen molar-refractivity contribution >= 4 is 27.4 Å². The van der Waals surface area contributed by atoms with Gasteiger partial charge in [0.1, 0.15) is 5.82 Å². The van der Waals surface area contributed by atoms with Crippen LogP contribution in [0.4, 0.5) is 11.5 Å². The first kappa shape index (κ1) is 12.1. The molecule has 0 saturated heterocycles. The van der Waals surface area contributed by atoms with E-state index in [0.29, 0.717) is 0 Å². The van der Waals surface area contributed by atoms with Gasteiger partial charge >= 0.3 is 0 Å². The lowest BCUT2D eigenvalue weighted by molar-refractivity contribution is 1.08. The molecule has 0 aliphatic rings. The summed E-state index contributed by atoms with van der Waals surface area (Å²) in [7, 11) is 2.03. The largest absolute Gasteiger partial charge is 0.329 e. The molecule has 0 fully saturated rings. The van der Waals surface area contributed by atoms with Gasteiger partial charge in [0.25, 0.3) is 0 Å². The van der Waals surface area contributed by atoms with Crippen molar-refractivity contribution in [1.29, 1.82) is 0 Å². The molecule has 0 atom stereocenters. The number of anilines is 2. The Labute approximate surface area is 110 Å². The predicted molar refractivity (Wildman–Crippen MR) is 75.9 cm³/mol. The first-order valence-corrected chi connectivity index (χ1v) is 6.31. The van der Waals surface area contributed by atoms with Crippen molar-refractivity contribution in [3.63, 3.8) is 0 Å². The van der Waals surface area contributed by atoms with Crippen LogP contribution < -0.4 is 4.90 Å². The normalized spacial score (nSPS) is 10.4. The van der Waals surface area contributed by atoms with Crippen LogP contribution in [0.15, 0.2) is 40.9 Å². The maximum atomic E-state index is 4.55. The summed E-state index contributed by atoms with van der Waals surface area (Å²) in [5.41, 5.74) is 3.41. The van der Waals surface area contributed by atoms with Crippen LogP contribution in [0.2, 0.25) is 0 Å². The van der Waals surface area contributed by atoms with E-state index < -0.39 is 0 Å². The van der Waals surface area contributed by atoms with Gasteiger partial charge in [-0.2, -0.15) is 0 Å². The Hall–Kier alpha value is -1.35. The van der Waals surface area contributed by atoms with Crippen LogP contribution in [0.5, 0.6) is 0 Å². The molecule has 0 aliphatic heterocycles. The van der Waals surface area contributed by atoms with E-state index in [1.54, 1.807) is 0 Å². The van der Waals surface area contributed by atoms with Crippen molar-refractivity contribution in [2.45, 2.75) is 13.8 Å². The van der Waals surface area contributed by atoms with Crippen LogP contribution in [0.1, 0.15) is 11.3 Å². The first-order chi connectivity index (χ1) is 8.08. The fourth-order valence-electron chi connectivity index (χ4n) is 1.62. The third-order valence-corrected chi connectivity index (χ3v) is 3.61. The highest BCUT2D eigenvalue weighted by atomic mass is 79.9. The van der Waals surface area contributed by atoms with Crippen LogP contribution >= 0.6 is 15.9 Å².